The number of benzene rings is 3. The number of carbonyl (C=O) groups is 1. The molecule has 3 aromatic carbocycles. The smallest absolute Gasteiger partial charge is 0.261 e. The number of aliphatic hydroxyl groups is 1. The van der Waals surface area contributed by atoms with Gasteiger partial charge < -0.3 is 14.7 Å². The predicted octanol–water partition coefficient (Wildman–Crippen LogP) is 3.34. The lowest BCUT2D eigenvalue weighted by Gasteiger charge is -2.38. The van der Waals surface area contributed by atoms with Crippen molar-refractivity contribution in [3.05, 3.63) is 83.9 Å². The maximum atomic E-state index is 13.7. The minimum atomic E-state index is -3.93. The van der Waals surface area contributed by atoms with E-state index in [0.29, 0.717) is 0 Å². The van der Waals surface area contributed by atoms with Gasteiger partial charge in [-0.25, -0.2) is 16.8 Å². The fourth-order valence-corrected chi connectivity index (χ4v) is 6.81. The normalized spacial score (nSPS) is 18.7. The van der Waals surface area contributed by atoms with Crippen LogP contribution in [-0.2, 0) is 20.0 Å². The van der Waals surface area contributed by atoms with Gasteiger partial charge in [-0.05, 0) is 56.3 Å². The Bertz CT molecular complexity index is 1600. The van der Waals surface area contributed by atoms with Crippen LogP contribution in [0, 0.1) is 12.8 Å². The number of aryl methyl sites for hydroxylation is 1. The highest BCUT2D eigenvalue weighted by Gasteiger charge is 2.35. The first-order valence-electron chi connectivity index (χ1n) is 13.2. The number of likely N-dealkylation sites (N-methyl/N-ethyl adjacent to an activating group) is 1. The number of ether oxygens (including phenoxy) is 1. The second-order valence-electron chi connectivity index (χ2n) is 10.4. The van der Waals surface area contributed by atoms with Crippen molar-refractivity contribution in [2.75, 3.05) is 31.5 Å². The van der Waals surface area contributed by atoms with Crippen molar-refractivity contribution in [2.24, 2.45) is 5.92 Å². The molecule has 0 aromatic heterocycles. The van der Waals surface area contributed by atoms with Crippen LogP contribution in [0.15, 0.2) is 82.6 Å². The molecule has 220 valence electrons. The second kappa shape index (κ2) is 12.2. The van der Waals surface area contributed by atoms with Gasteiger partial charge in [0.25, 0.3) is 15.9 Å². The summed E-state index contributed by atoms with van der Waals surface area (Å²) in [5.41, 5.74) is 1.17. The molecule has 0 saturated heterocycles. The van der Waals surface area contributed by atoms with Crippen LogP contribution in [0.3, 0.4) is 0 Å². The molecule has 0 radical (unpaired) electrons. The van der Waals surface area contributed by atoms with E-state index in [-0.39, 0.29) is 52.4 Å². The Morgan fingerprint density at radius 3 is 2.32 bits per heavy atom. The average Bonchev–Trinajstić information content (AvgIpc) is 2.95. The molecule has 41 heavy (non-hydrogen) atoms. The summed E-state index contributed by atoms with van der Waals surface area (Å²) in [6, 6.07) is 18.3. The molecule has 3 aromatic rings. The first kappa shape index (κ1) is 30.5. The molecule has 0 spiro atoms. The quantitative estimate of drug-likeness (QED) is 0.384. The van der Waals surface area contributed by atoms with Crippen molar-refractivity contribution in [3.8, 4) is 5.75 Å². The lowest BCUT2D eigenvalue weighted by Crippen LogP contribution is -2.50. The third-order valence-electron chi connectivity index (χ3n) is 7.14. The van der Waals surface area contributed by atoms with E-state index in [0.717, 1.165) is 5.56 Å². The number of fused-ring (bicyclic) bond motifs is 1. The number of sulfonamides is 2. The third-order valence-corrected chi connectivity index (χ3v) is 10.4. The minimum Gasteiger partial charge on any atom is -0.488 e. The Balaban J connectivity index is 1.68. The Morgan fingerprint density at radius 1 is 1.02 bits per heavy atom. The summed E-state index contributed by atoms with van der Waals surface area (Å²) in [6.07, 6.45) is -0.658. The van der Waals surface area contributed by atoms with Crippen LogP contribution >= 0.6 is 0 Å². The van der Waals surface area contributed by atoms with Gasteiger partial charge in [-0.15, -0.1) is 0 Å². The lowest BCUT2D eigenvalue weighted by molar-refractivity contribution is 0.0387. The summed E-state index contributed by atoms with van der Waals surface area (Å²) in [7, 11) is -6.27. The molecule has 0 aliphatic carbocycles. The van der Waals surface area contributed by atoms with Crippen molar-refractivity contribution >= 4 is 31.6 Å². The molecule has 0 fully saturated rings. The molecule has 4 rings (SSSR count). The molecular weight excluding hydrogens is 566 g/mol. The fourth-order valence-electron chi connectivity index (χ4n) is 4.56. The lowest BCUT2D eigenvalue weighted by atomic mass is 9.99. The SMILES string of the molecule is Cc1ccc(S(=O)(=O)Nc2ccc3c(c2)C(=O)N([C@@H](C)CO)C[C@H](C)[C@H](CN(C)S(=O)(=O)c2ccccc2)O3)cc1. The molecule has 0 saturated carbocycles. The highest BCUT2D eigenvalue weighted by molar-refractivity contribution is 7.92. The van der Waals surface area contributed by atoms with Crippen LogP contribution < -0.4 is 9.46 Å². The molecule has 1 amide bonds. The van der Waals surface area contributed by atoms with Crippen LogP contribution in [0.25, 0.3) is 0 Å². The number of hydrogen-bond donors (Lipinski definition) is 2. The summed E-state index contributed by atoms with van der Waals surface area (Å²) in [6.45, 7) is 5.30. The van der Waals surface area contributed by atoms with Gasteiger partial charge in [0.1, 0.15) is 11.9 Å². The molecule has 12 heteroatoms. The van der Waals surface area contributed by atoms with Gasteiger partial charge in [-0.3, -0.25) is 9.52 Å². The highest BCUT2D eigenvalue weighted by Crippen LogP contribution is 2.32. The molecule has 0 bridgehead atoms. The second-order valence-corrected chi connectivity index (χ2v) is 14.1. The first-order valence-corrected chi connectivity index (χ1v) is 16.1. The zero-order chi connectivity index (χ0) is 29.9. The van der Waals surface area contributed by atoms with Crippen LogP contribution in [0.5, 0.6) is 5.75 Å². The van der Waals surface area contributed by atoms with E-state index in [4.69, 9.17) is 4.74 Å². The average molecular weight is 602 g/mol. The van der Waals surface area contributed by atoms with Crippen LogP contribution in [0.2, 0.25) is 0 Å². The number of aliphatic hydroxyl groups excluding tert-OH is 1. The number of rotatable bonds is 9. The van der Waals surface area contributed by atoms with Gasteiger partial charge in [-0.1, -0.05) is 42.8 Å². The summed E-state index contributed by atoms with van der Waals surface area (Å²) in [5.74, 6) is -0.562. The summed E-state index contributed by atoms with van der Waals surface area (Å²) >= 11 is 0. The van der Waals surface area contributed by atoms with Crippen molar-refractivity contribution in [1.29, 1.82) is 0 Å². The Hall–Kier alpha value is -3.45. The van der Waals surface area contributed by atoms with Crippen molar-refractivity contribution in [3.63, 3.8) is 0 Å². The highest BCUT2D eigenvalue weighted by atomic mass is 32.2. The van der Waals surface area contributed by atoms with Crippen LogP contribution in [0.4, 0.5) is 5.69 Å². The van der Waals surface area contributed by atoms with E-state index in [1.54, 1.807) is 37.3 Å². The third kappa shape index (κ3) is 6.72. The molecular formula is C29H35N3O7S2. The topological polar surface area (TPSA) is 133 Å². The van der Waals surface area contributed by atoms with Crippen molar-refractivity contribution < 1.29 is 31.5 Å². The van der Waals surface area contributed by atoms with Gasteiger partial charge in [0, 0.05) is 25.2 Å². The Kier molecular flexibility index (Phi) is 9.07. The van der Waals surface area contributed by atoms with Gasteiger partial charge in [-0.2, -0.15) is 4.31 Å². The van der Waals surface area contributed by atoms with E-state index in [2.05, 4.69) is 4.72 Å². The summed E-state index contributed by atoms with van der Waals surface area (Å²) in [5, 5.41) is 9.89. The maximum Gasteiger partial charge on any atom is 0.261 e. The monoisotopic (exact) mass is 601 g/mol. The Morgan fingerprint density at radius 2 is 1.68 bits per heavy atom. The van der Waals surface area contributed by atoms with E-state index < -0.39 is 38.1 Å². The number of amides is 1. The fraction of sp³-hybridized carbons (Fsp3) is 0.345. The molecule has 3 atom stereocenters. The summed E-state index contributed by atoms with van der Waals surface area (Å²) in [4.78, 5) is 15.4. The summed E-state index contributed by atoms with van der Waals surface area (Å²) < 4.78 is 62.4. The number of hydrogen-bond acceptors (Lipinski definition) is 7. The number of carbonyl (C=O) groups excluding carboxylic acids is 1. The molecule has 0 unspecified atom stereocenters. The zero-order valence-corrected chi connectivity index (χ0v) is 25.0. The van der Waals surface area contributed by atoms with Gasteiger partial charge in [0.05, 0.1) is 34.5 Å². The molecule has 1 aliphatic heterocycles. The van der Waals surface area contributed by atoms with E-state index in [9.17, 15) is 26.7 Å². The number of nitrogens with zero attached hydrogens (tertiary/aromatic N) is 2. The maximum absolute atomic E-state index is 13.7. The van der Waals surface area contributed by atoms with E-state index in [1.165, 1.54) is 58.7 Å². The largest absolute Gasteiger partial charge is 0.488 e. The molecule has 1 aliphatic rings. The standard InChI is InChI=1S/C29H35N3O7S2/c1-20-10-13-24(14-11-20)40(35,36)30-23-12-15-27-26(16-23)29(34)32(22(3)19-33)17-21(2)28(39-27)18-31(4)41(37,38)25-8-6-5-7-9-25/h5-16,21-22,28,30,33H,17-19H2,1-4H3/t21-,22-,28-/m0/s1. The van der Waals surface area contributed by atoms with E-state index in [1.807, 2.05) is 13.8 Å². The van der Waals surface area contributed by atoms with Crippen LogP contribution in [0.1, 0.15) is 29.8 Å². The zero-order valence-electron chi connectivity index (χ0n) is 23.4. The Labute approximate surface area is 241 Å². The number of nitrogens with one attached hydrogen (secondary N) is 1. The molecule has 1 heterocycles. The number of anilines is 1. The van der Waals surface area contributed by atoms with Gasteiger partial charge in [0.15, 0.2) is 0 Å². The molecule has 10 nitrogen and oxygen atoms in total. The van der Waals surface area contributed by atoms with E-state index >= 15 is 0 Å². The molecule has 2 N–H and O–H groups in total. The van der Waals surface area contributed by atoms with Crippen LogP contribution in [-0.4, -0.2) is 75.9 Å². The minimum absolute atomic E-state index is 0.00479. The van der Waals surface area contributed by atoms with Gasteiger partial charge >= 0.3 is 0 Å². The van der Waals surface area contributed by atoms with Crippen molar-refractivity contribution in [1.82, 2.24) is 9.21 Å². The first-order chi connectivity index (χ1) is 19.3. The van der Waals surface area contributed by atoms with Gasteiger partial charge in [0.2, 0.25) is 10.0 Å². The predicted molar refractivity (Wildman–Crippen MR) is 156 cm³/mol. The van der Waals surface area contributed by atoms with Crippen molar-refractivity contribution in [2.45, 2.75) is 42.7 Å².